The molecule has 0 saturated carbocycles. The van der Waals surface area contributed by atoms with E-state index < -0.39 is 0 Å². The molecule has 0 atom stereocenters. The molecule has 32 heavy (non-hydrogen) atoms. The summed E-state index contributed by atoms with van der Waals surface area (Å²) in [4.78, 5) is 24.6. The summed E-state index contributed by atoms with van der Waals surface area (Å²) in [7, 11) is 0. The van der Waals surface area contributed by atoms with Gasteiger partial charge in [-0.15, -0.1) is 0 Å². The van der Waals surface area contributed by atoms with Gasteiger partial charge in [0, 0.05) is 23.3 Å². The Balaban J connectivity index is 1.53. The lowest BCUT2D eigenvalue weighted by atomic mass is 10.0. The first kappa shape index (κ1) is 21.1. The predicted molar refractivity (Wildman–Crippen MR) is 128 cm³/mol. The van der Waals surface area contributed by atoms with Crippen LogP contribution in [0.4, 0.5) is 16.2 Å². The standard InChI is InChI=1S/C25H25N5O2/c1-4-26-24(31)23-20-10-9-18(14-22(20)29-30-23)17-6-5-7-19(13-17)27-25(32)28-21-11-8-15(2)12-16(21)3/h5-14H,4H2,1-3H3,(H,26,31)(H,29,30)(H2,27,28,32). The maximum atomic E-state index is 12.5. The number of aromatic nitrogens is 2. The normalized spacial score (nSPS) is 10.7. The van der Waals surface area contributed by atoms with Crippen molar-refractivity contribution in [3.05, 3.63) is 77.5 Å². The van der Waals surface area contributed by atoms with Crippen molar-refractivity contribution in [2.75, 3.05) is 17.2 Å². The van der Waals surface area contributed by atoms with Gasteiger partial charge < -0.3 is 16.0 Å². The van der Waals surface area contributed by atoms with Crippen molar-refractivity contribution in [1.82, 2.24) is 15.5 Å². The molecule has 7 nitrogen and oxygen atoms in total. The quantitative estimate of drug-likeness (QED) is 0.350. The van der Waals surface area contributed by atoms with Gasteiger partial charge in [-0.05, 0) is 67.8 Å². The summed E-state index contributed by atoms with van der Waals surface area (Å²) in [5, 5.41) is 16.4. The van der Waals surface area contributed by atoms with Crippen molar-refractivity contribution in [3.8, 4) is 11.1 Å². The summed E-state index contributed by atoms with van der Waals surface area (Å²) in [6, 6.07) is 19.0. The van der Waals surface area contributed by atoms with E-state index in [1.807, 2.05) is 81.4 Å². The van der Waals surface area contributed by atoms with Crippen LogP contribution in [0.25, 0.3) is 22.0 Å². The van der Waals surface area contributed by atoms with E-state index in [1.165, 1.54) is 0 Å². The molecular formula is C25H25N5O2. The second-order valence-electron chi connectivity index (χ2n) is 7.67. The highest BCUT2D eigenvalue weighted by Crippen LogP contribution is 2.27. The van der Waals surface area contributed by atoms with Crippen LogP contribution in [0.3, 0.4) is 0 Å². The van der Waals surface area contributed by atoms with E-state index in [-0.39, 0.29) is 11.9 Å². The third-order valence-corrected chi connectivity index (χ3v) is 5.20. The first-order valence-corrected chi connectivity index (χ1v) is 10.5. The zero-order chi connectivity index (χ0) is 22.7. The van der Waals surface area contributed by atoms with Gasteiger partial charge in [-0.2, -0.15) is 5.10 Å². The number of anilines is 2. The van der Waals surface area contributed by atoms with Crippen LogP contribution in [0.5, 0.6) is 0 Å². The Morgan fingerprint density at radius 2 is 1.75 bits per heavy atom. The van der Waals surface area contributed by atoms with Crippen molar-refractivity contribution >= 4 is 34.2 Å². The van der Waals surface area contributed by atoms with Gasteiger partial charge in [0.1, 0.15) is 0 Å². The van der Waals surface area contributed by atoms with Gasteiger partial charge in [0.25, 0.3) is 5.91 Å². The van der Waals surface area contributed by atoms with Gasteiger partial charge in [-0.1, -0.05) is 35.9 Å². The zero-order valence-electron chi connectivity index (χ0n) is 18.2. The van der Waals surface area contributed by atoms with Gasteiger partial charge in [0.05, 0.1) is 5.52 Å². The summed E-state index contributed by atoms with van der Waals surface area (Å²) in [5.41, 5.74) is 6.64. The molecule has 4 N–H and O–H groups in total. The molecule has 0 aliphatic heterocycles. The molecule has 0 bridgehead atoms. The molecule has 0 radical (unpaired) electrons. The number of amides is 3. The third-order valence-electron chi connectivity index (χ3n) is 5.20. The highest BCUT2D eigenvalue weighted by atomic mass is 16.2. The molecule has 0 spiro atoms. The zero-order valence-corrected chi connectivity index (χ0v) is 18.2. The lowest BCUT2D eigenvalue weighted by molar-refractivity contribution is 0.0952. The predicted octanol–water partition coefficient (Wildman–Crippen LogP) is 5.24. The van der Waals surface area contributed by atoms with Crippen LogP contribution in [0.15, 0.2) is 60.7 Å². The van der Waals surface area contributed by atoms with Crippen LogP contribution >= 0.6 is 0 Å². The van der Waals surface area contributed by atoms with Gasteiger partial charge in [-0.3, -0.25) is 9.89 Å². The maximum absolute atomic E-state index is 12.5. The number of aryl methyl sites for hydroxylation is 2. The van der Waals surface area contributed by atoms with E-state index in [0.29, 0.717) is 17.9 Å². The van der Waals surface area contributed by atoms with Crippen molar-refractivity contribution in [3.63, 3.8) is 0 Å². The Morgan fingerprint density at radius 3 is 2.53 bits per heavy atom. The summed E-state index contributed by atoms with van der Waals surface area (Å²) in [5.74, 6) is -0.201. The molecule has 0 aliphatic carbocycles. The van der Waals surface area contributed by atoms with Crippen LogP contribution in [0.2, 0.25) is 0 Å². The molecule has 0 aliphatic rings. The Labute approximate surface area is 186 Å². The molecule has 1 aromatic heterocycles. The number of nitrogens with one attached hydrogen (secondary N) is 4. The van der Waals surface area contributed by atoms with E-state index in [4.69, 9.17) is 0 Å². The average molecular weight is 428 g/mol. The number of fused-ring (bicyclic) bond motifs is 1. The highest BCUT2D eigenvalue weighted by Gasteiger charge is 2.14. The van der Waals surface area contributed by atoms with Crippen LogP contribution < -0.4 is 16.0 Å². The Hall–Kier alpha value is -4.13. The number of hydrogen-bond acceptors (Lipinski definition) is 3. The fourth-order valence-corrected chi connectivity index (χ4v) is 3.63. The minimum Gasteiger partial charge on any atom is -0.351 e. The fraction of sp³-hybridized carbons (Fsp3) is 0.160. The van der Waals surface area contributed by atoms with Crippen LogP contribution in [-0.4, -0.2) is 28.7 Å². The SMILES string of the molecule is CCNC(=O)c1n[nH]c2cc(-c3cccc(NC(=O)Nc4ccc(C)cc4C)c3)ccc12. The van der Waals surface area contributed by atoms with Gasteiger partial charge in [0.15, 0.2) is 5.69 Å². The number of carbonyl (C=O) groups excluding carboxylic acids is 2. The number of nitrogens with zero attached hydrogens (tertiary/aromatic N) is 1. The first-order valence-electron chi connectivity index (χ1n) is 10.5. The van der Waals surface area contributed by atoms with Crippen molar-refractivity contribution < 1.29 is 9.59 Å². The molecule has 3 amide bonds. The minimum absolute atomic E-state index is 0.201. The molecule has 1 heterocycles. The van der Waals surface area contributed by atoms with E-state index in [0.717, 1.165) is 38.8 Å². The molecule has 4 aromatic rings. The molecule has 3 aromatic carbocycles. The molecule has 0 saturated heterocycles. The summed E-state index contributed by atoms with van der Waals surface area (Å²) < 4.78 is 0. The van der Waals surface area contributed by atoms with Gasteiger partial charge >= 0.3 is 6.03 Å². The van der Waals surface area contributed by atoms with Gasteiger partial charge in [-0.25, -0.2) is 4.79 Å². The molecule has 0 unspecified atom stereocenters. The number of aromatic amines is 1. The molecule has 162 valence electrons. The van der Waals surface area contributed by atoms with E-state index in [1.54, 1.807) is 0 Å². The largest absolute Gasteiger partial charge is 0.351 e. The second kappa shape index (κ2) is 8.93. The van der Waals surface area contributed by atoms with E-state index in [9.17, 15) is 9.59 Å². The third kappa shape index (κ3) is 4.46. The Morgan fingerprint density at radius 1 is 0.938 bits per heavy atom. The van der Waals surface area contributed by atoms with Crippen LogP contribution in [0.1, 0.15) is 28.5 Å². The molecule has 7 heteroatoms. The smallest absolute Gasteiger partial charge is 0.323 e. The lowest BCUT2D eigenvalue weighted by Crippen LogP contribution is -2.23. The second-order valence-corrected chi connectivity index (χ2v) is 7.67. The lowest BCUT2D eigenvalue weighted by Gasteiger charge is -2.11. The van der Waals surface area contributed by atoms with Crippen molar-refractivity contribution in [2.45, 2.75) is 20.8 Å². The number of benzene rings is 3. The van der Waals surface area contributed by atoms with Crippen LogP contribution in [-0.2, 0) is 0 Å². The topological polar surface area (TPSA) is 98.9 Å². The highest BCUT2D eigenvalue weighted by molar-refractivity contribution is 6.05. The minimum atomic E-state index is -0.301. The van der Waals surface area contributed by atoms with E-state index in [2.05, 4.69) is 26.1 Å². The Kier molecular flexibility index (Phi) is 5.89. The van der Waals surface area contributed by atoms with Crippen molar-refractivity contribution in [2.24, 2.45) is 0 Å². The summed E-state index contributed by atoms with van der Waals surface area (Å²) in [6.45, 7) is 6.39. The number of hydrogen-bond donors (Lipinski definition) is 4. The maximum Gasteiger partial charge on any atom is 0.323 e. The molecular weight excluding hydrogens is 402 g/mol. The number of H-pyrrole nitrogens is 1. The monoisotopic (exact) mass is 427 g/mol. The van der Waals surface area contributed by atoms with Crippen LogP contribution in [0, 0.1) is 13.8 Å². The average Bonchev–Trinajstić information content (AvgIpc) is 3.19. The number of urea groups is 1. The van der Waals surface area contributed by atoms with Gasteiger partial charge in [0.2, 0.25) is 0 Å². The Bertz CT molecular complexity index is 1310. The van der Waals surface area contributed by atoms with Crippen molar-refractivity contribution in [1.29, 1.82) is 0 Å². The van der Waals surface area contributed by atoms with E-state index >= 15 is 0 Å². The fourth-order valence-electron chi connectivity index (χ4n) is 3.63. The first-order chi connectivity index (χ1) is 15.4. The number of rotatable bonds is 5. The molecule has 0 fully saturated rings. The molecule has 4 rings (SSSR count). The summed E-state index contributed by atoms with van der Waals surface area (Å²) in [6.07, 6.45) is 0. The summed E-state index contributed by atoms with van der Waals surface area (Å²) >= 11 is 0. The number of carbonyl (C=O) groups is 2.